The van der Waals surface area contributed by atoms with E-state index in [0.717, 1.165) is 35.8 Å². The van der Waals surface area contributed by atoms with Crippen molar-refractivity contribution < 1.29 is 0 Å². The molecule has 3 heterocycles. The molecular weight excluding hydrogens is 260 g/mol. The van der Waals surface area contributed by atoms with Crippen LogP contribution in [0.25, 0.3) is 5.65 Å². The van der Waals surface area contributed by atoms with E-state index in [-0.39, 0.29) is 0 Å². The molecule has 4 nitrogen and oxygen atoms in total. The van der Waals surface area contributed by atoms with E-state index >= 15 is 0 Å². The van der Waals surface area contributed by atoms with Gasteiger partial charge in [0.05, 0.1) is 17.1 Å². The van der Waals surface area contributed by atoms with Crippen molar-refractivity contribution >= 4 is 22.9 Å². The fourth-order valence-corrected chi connectivity index (χ4v) is 2.56. The highest BCUT2D eigenvalue weighted by molar-refractivity contribution is 6.29. The standard InChI is InChI=1S/C12H15ClN4.C2H6/c1-8-9(2)17-12(14-8)10(7-11(13)15-17)16-5-3-4-6-16;1-2/h7H,3-6H2,1-2H3;1-2H3. The third kappa shape index (κ3) is 2.54. The minimum atomic E-state index is 0.528. The minimum absolute atomic E-state index is 0.528. The molecule has 3 rings (SSSR count). The van der Waals surface area contributed by atoms with Gasteiger partial charge in [0.25, 0.3) is 0 Å². The van der Waals surface area contributed by atoms with Crippen LogP contribution in [0.4, 0.5) is 5.69 Å². The summed E-state index contributed by atoms with van der Waals surface area (Å²) in [4.78, 5) is 6.94. The quantitative estimate of drug-likeness (QED) is 0.800. The molecule has 19 heavy (non-hydrogen) atoms. The first-order chi connectivity index (χ1) is 9.16. The third-order valence-electron chi connectivity index (χ3n) is 3.44. The lowest BCUT2D eigenvalue weighted by atomic mass is 10.4. The number of hydrogen-bond acceptors (Lipinski definition) is 3. The summed E-state index contributed by atoms with van der Waals surface area (Å²) in [5.41, 5.74) is 4.10. The van der Waals surface area contributed by atoms with E-state index in [1.807, 2.05) is 38.3 Å². The number of imidazole rings is 1. The molecule has 0 bridgehead atoms. The van der Waals surface area contributed by atoms with E-state index in [2.05, 4.69) is 15.0 Å². The molecular formula is C14H21ClN4. The van der Waals surface area contributed by atoms with Crippen molar-refractivity contribution in [3.8, 4) is 0 Å². The van der Waals surface area contributed by atoms with Crippen LogP contribution >= 0.6 is 11.6 Å². The molecule has 2 aromatic rings. The van der Waals surface area contributed by atoms with Crippen LogP contribution in [-0.4, -0.2) is 27.7 Å². The minimum Gasteiger partial charge on any atom is -0.368 e. The molecule has 104 valence electrons. The van der Waals surface area contributed by atoms with Gasteiger partial charge in [-0.05, 0) is 26.7 Å². The zero-order chi connectivity index (χ0) is 14.0. The SMILES string of the molecule is CC.Cc1nc2c(N3CCCC3)cc(Cl)nn2c1C. The van der Waals surface area contributed by atoms with E-state index in [1.54, 1.807) is 0 Å². The van der Waals surface area contributed by atoms with E-state index in [0.29, 0.717) is 5.15 Å². The number of nitrogens with zero attached hydrogens (tertiary/aromatic N) is 4. The third-order valence-corrected chi connectivity index (χ3v) is 3.63. The van der Waals surface area contributed by atoms with Crippen LogP contribution in [0.2, 0.25) is 5.15 Å². The van der Waals surface area contributed by atoms with Crippen molar-refractivity contribution in [2.75, 3.05) is 18.0 Å². The van der Waals surface area contributed by atoms with Gasteiger partial charge in [-0.2, -0.15) is 5.10 Å². The molecule has 5 heteroatoms. The molecule has 0 radical (unpaired) electrons. The first kappa shape index (κ1) is 14.1. The summed E-state index contributed by atoms with van der Waals surface area (Å²) in [5, 5.41) is 4.85. The van der Waals surface area contributed by atoms with Crippen LogP contribution in [0.5, 0.6) is 0 Å². The zero-order valence-electron chi connectivity index (χ0n) is 12.1. The number of anilines is 1. The highest BCUT2D eigenvalue weighted by atomic mass is 35.5. The molecule has 1 aliphatic rings. The van der Waals surface area contributed by atoms with Crippen LogP contribution < -0.4 is 4.90 Å². The molecule has 0 spiro atoms. The summed E-state index contributed by atoms with van der Waals surface area (Å²) >= 11 is 6.10. The molecule has 0 amide bonds. The number of fused-ring (bicyclic) bond motifs is 1. The van der Waals surface area contributed by atoms with Gasteiger partial charge in [0.1, 0.15) is 0 Å². The fraction of sp³-hybridized carbons (Fsp3) is 0.571. The Morgan fingerprint density at radius 2 is 1.79 bits per heavy atom. The van der Waals surface area contributed by atoms with Gasteiger partial charge in [0, 0.05) is 19.2 Å². The molecule has 0 atom stereocenters. The maximum absolute atomic E-state index is 6.10. The Morgan fingerprint density at radius 1 is 1.16 bits per heavy atom. The largest absolute Gasteiger partial charge is 0.368 e. The van der Waals surface area contributed by atoms with Gasteiger partial charge in [-0.25, -0.2) is 9.50 Å². The molecule has 0 unspecified atom stereocenters. The maximum Gasteiger partial charge on any atom is 0.177 e. The average Bonchev–Trinajstić information content (AvgIpc) is 3.03. The Kier molecular flexibility index (Phi) is 4.30. The molecule has 0 saturated carbocycles. The Balaban J connectivity index is 0.000000637. The summed E-state index contributed by atoms with van der Waals surface area (Å²) in [6.45, 7) is 10.2. The van der Waals surface area contributed by atoms with Gasteiger partial charge in [0.15, 0.2) is 10.8 Å². The number of halogens is 1. The molecule has 1 aliphatic heterocycles. The maximum atomic E-state index is 6.10. The highest BCUT2D eigenvalue weighted by Crippen LogP contribution is 2.28. The van der Waals surface area contributed by atoms with Gasteiger partial charge in [-0.3, -0.25) is 0 Å². The monoisotopic (exact) mass is 280 g/mol. The van der Waals surface area contributed by atoms with Gasteiger partial charge < -0.3 is 4.90 Å². The van der Waals surface area contributed by atoms with Crippen LogP contribution in [0.3, 0.4) is 0 Å². The summed E-state index contributed by atoms with van der Waals surface area (Å²) in [6.07, 6.45) is 2.48. The molecule has 1 saturated heterocycles. The van der Waals surface area contributed by atoms with E-state index < -0.39 is 0 Å². The Hall–Kier alpha value is -1.29. The number of aromatic nitrogens is 3. The van der Waals surface area contributed by atoms with E-state index in [9.17, 15) is 0 Å². The second-order valence-electron chi connectivity index (χ2n) is 4.56. The topological polar surface area (TPSA) is 33.4 Å². The molecule has 1 fully saturated rings. The second kappa shape index (κ2) is 5.78. The lowest BCUT2D eigenvalue weighted by Gasteiger charge is -2.18. The zero-order valence-corrected chi connectivity index (χ0v) is 12.8. The fourth-order valence-electron chi connectivity index (χ4n) is 2.38. The van der Waals surface area contributed by atoms with Crippen molar-refractivity contribution in [2.24, 2.45) is 0 Å². The number of rotatable bonds is 1. The predicted octanol–water partition coefficient (Wildman–Crippen LogP) is 3.63. The van der Waals surface area contributed by atoms with Crippen LogP contribution in [0.1, 0.15) is 38.1 Å². The van der Waals surface area contributed by atoms with Gasteiger partial charge in [0.2, 0.25) is 0 Å². The molecule has 0 aromatic carbocycles. The van der Waals surface area contributed by atoms with Crippen molar-refractivity contribution in [2.45, 2.75) is 40.5 Å². The van der Waals surface area contributed by atoms with Crippen LogP contribution in [-0.2, 0) is 0 Å². The van der Waals surface area contributed by atoms with Gasteiger partial charge in [-0.15, -0.1) is 0 Å². The Morgan fingerprint density at radius 3 is 2.42 bits per heavy atom. The van der Waals surface area contributed by atoms with Gasteiger partial charge in [-0.1, -0.05) is 25.4 Å². The van der Waals surface area contributed by atoms with Crippen molar-refractivity contribution in [3.63, 3.8) is 0 Å². The van der Waals surface area contributed by atoms with E-state index in [4.69, 9.17) is 11.6 Å². The lowest BCUT2D eigenvalue weighted by Crippen LogP contribution is -2.19. The summed E-state index contributed by atoms with van der Waals surface area (Å²) in [7, 11) is 0. The second-order valence-corrected chi connectivity index (χ2v) is 4.95. The van der Waals surface area contributed by atoms with Gasteiger partial charge >= 0.3 is 0 Å². The number of hydrogen-bond donors (Lipinski definition) is 0. The Bertz CT molecular complexity index is 570. The average molecular weight is 281 g/mol. The first-order valence-corrected chi connectivity index (χ1v) is 7.32. The van der Waals surface area contributed by atoms with Crippen molar-refractivity contribution in [1.29, 1.82) is 0 Å². The van der Waals surface area contributed by atoms with Crippen LogP contribution in [0, 0.1) is 13.8 Å². The normalized spacial score (nSPS) is 14.7. The number of aryl methyl sites for hydroxylation is 2. The van der Waals surface area contributed by atoms with Crippen molar-refractivity contribution in [1.82, 2.24) is 14.6 Å². The van der Waals surface area contributed by atoms with Crippen molar-refractivity contribution in [3.05, 3.63) is 22.6 Å². The van der Waals surface area contributed by atoms with E-state index in [1.165, 1.54) is 12.8 Å². The molecule has 2 aromatic heterocycles. The molecule has 0 aliphatic carbocycles. The highest BCUT2D eigenvalue weighted by Gasteiger charge is 2.19. The molecule has 0 N–H and O–H groups in total. The Labute approximate surface area is 119 Å². The summed E-state index contributed by atoms with van der Waals surface area (Å²) < 4.78 is 1.85. The summed E-state index contributed by atoms with van der Waals surface area (Å²) in [6, 6.07) is 1.92. The first-order valence-electron chi connectivity index (χ1n) is 6.94. The van der Waals surface area contributed by atoms with Crippen LogP contribution in [0.15, 0.2) is 6.07 Å². The summed E-state index contributed by atoms with van der Waals surface area (Å²) in [5.74, 6) is 0. The lowest BCUT2D eigenvalue weighted by molar-refractivity contribution is 0.879. The smallest absolute Gasteiger partial charge is 0.177 e. The predicted molar refractivity (Wildman–Crippen MR) is 80.3 cm³/mol.